The number of carbonyl (C=O) groups is 2. The summed E-state index contributed by atoms with van der Waals surface area (Å²) in [5.74, 6) is -0.615. The van der Waals surface area contributed by atoms with Gasteiger partial charge in [0.1, 0.15) is 5.69 Å². The number of nitrogens with zero attached hydrogens (tertiary/aromatic N) is 1. The molecular weight excluding hydrogens is 350 g/mol. The summed E-state index contributed by atoms with van der Waals surface area (Å²) in [5, 5.41) is 5.79. The van der Waals surface area contributed by atoms with Crippen molar-refractivity contribution in [1.82, 2.24) is 4.98 Å². The van der Waals surface area contributed by atoms with Gasteiger partial charge in [0.15, 0.2) is 0 Å². The first-order chi connectivity index (χ1) is 13.6. The van der Waals surface area contributed by atoms with Crippen LogP contribution in [0.4, 0.5) is 11.4 Å². The molecule has 0 saturated carbocycles. The Morgan fingerprint density at radius 1 is 0.821 bits per heavy atom. The third kappa shape index (κ3) is 4.43. The standard InChI is InChI=1S/C23H23N3O2/c1-3-16-9-8-10-17(4-2)21(16)26-22(27)18-13-14-24-20(15-18)23(28)25-19-11-6-5-7-12-19/h5-15H,3-4H2,1-2H3,(H,25,28)(H,26,27). The highest BCUT2D eigenvalue weighted by Crippen LogP contribution is 2.23. The maximum Gasteiger partial charge on any atom is 0.274 e. The molecule has 2 amide bonds. The van der Waals surface area contributed by atoms with Gasteiger partial charge in [-0.3, -0.25) is 14.6 Å². The molecule has 0 saturated heterocycles. The average Bonchev–Trinajstić information content (AvgIpc) is 2.74. The second-order valence-corrected chi connectivity index (χ2v) is 6.36. The van der Waals surface area contributed by atoms with Crippen LogP contribution in [-0.2, 0) is 12.8 Å². The molecule has 142 valence electrons. The fourth-order valence-electron chi connectivity index (χ4n) is 3.00. The Bertz CT molecular complexity index is 962. The fraction of sp³-hybridized carbons (Fsp3) is 0.174. The SMILES string of the molecule is CCc1cccc(CC)c1NC(=O)c1ccnc(C(=O)Nc2ccccc2)c1. The van der Waals surface area contributed by atoms with Gasteiger partial charge in [-0.25, -0.2) is 0 Å². The summed E-state index contributed by atoms with van der Waals surface area (Å²) in [5.41, 5.74) is 4.28. The number of benzene rings is 2. The maximum atomic E-state index is 12.8. The van der Waals surface area contributed by atoms with Crippen LogP contribution in [0.1, 0.15) is 45.8 Å². The van der Waals surface area contributed by atoms with Gasteiger partial charge in [-0.05, 0) is 48.2 Å². The molecule has 5 nitrogen and oxygen atoms in total. The van der Waals surface area contributed by atoms with Gasteiger partial charge in [0.25, 0.3) is 11.8 Å². The van der Waals surface area contributed by atoms with Crippen molar-refractivity contribution in [3.63, 3.8) is 0 Å². The van der Waals surface area contributed by atoms with Crippen molar-refractivity contribution >= 4 is 23.2 Å². The van der Waals surface area contributed by atoms with Crippen LogP contribution in [0.15, 0.2) is 66.9 Å². The van der Waals surface area contributed by atoms with Crippen molar-refractivity contribution in [3.8, 4) is 0 Å². The molecule has 28 heavy (non-hydrogen) atoms. The van der Waals surface area contributed by atoms with Crippen LogP contribution >= 0.6 is 0 Å². The molecule has 2 aromatic carbocycles. The molecule has 0 spiro atoms. The number of rotatable bonds is 6. The van der Waals surface area contributed by atoms with Crippen molar-refractivity contribution < 1.29 is 9.59 Å². The zero-order valence-electron chi connectivity index (χ0n) is 16.0. The zero-order valence-corrected chi connectivity index (χ0v) is 16.0. The second kappa shape index (κ2) is 8.95. The Kier molecular flexibility index (Phi) is 6.17. The molecule has 0 aliphatic rings. The molecule has 3 aromatic rings. The lowest BCUT2D eigenvalue weighted by molar-refractivity contribution is 0.102. The monoisotopic (exact) mass is 373 g/mol. The Morgan fingerprint density at radius 3 is 2.14 bits per heavy atom. The van der Waals surface area contributed by atoms with Gasteiger partial charge >= 0.3 is 0 Å². The number of aromatic nitrogens is 1. The van der Waals surface area contributed by atoms with E-state index >= 15 is 0 Å². The van der Waals surface area contributed by atoms with Gasteiger partial charge < -0.3 is 10.6 Å². The smallest absolute Gasteiger partial charge is 0.274 e. The van der Waals surface area contributed by atoms with Crippen LogP contribution in [0, 0.1) is 0 Å². The summed E-state index contributed by atoms with van der Waals surface area (Å²) in [6, 6.07) is 18.3. The van der Waals surface area contributed by atoms with E-state index in [9.17, 15) is 9.59 Å². The summed E-state index contributed by atoms with van der Waals surface area (Å²) in [4.78, 5) is 29.4. The van der Waals surface area contributed by atoms with Crippen molar-refractivity contribution in [2.75, 3.05) is 10.6 Å². The van der Waals surface area contributed by atoms with Crippen LogP contribution in [0.25, 0.3) is 0 Å². The minimum absolute atomic E-state index is 0.191. The van der Waals surface area contributed by atoms with E-state index in [1.54, 1.807) is 18.2 Å². The average molecular weight is 373 g/mol. The van der Waals surface area contributed by atoms with Gasteiger partial charge in [0.2, 0.25) is 0 Å². The number of anilines is 2. The molecule has 0 aliphatic heterocycles. The number of hydrogen-bond acceptors (Lipinski definition) is 3. The van der Waals surface area contributed by atoms with Crippen molar-refractivity contribution in [1.29, 1.82) is 0 Å². The number of carbonyl (C=O) groups excluding carboxylic acids is 2. The first kappa shape index (κ1) is 19.3. The quantitative estimate of drug-likeness (QED) is 0.657. The predicted octanol–water partition coefficient (Wildman–Crippen LogP) is 4.71. The molecule has 0 bridgehead atoms. The van der Waals surface area contributed by atoms with E-state index in [1.807, 2.05) is 36.4 Å². The molecule has 0 radical (unpaired) electrons. The van der Waals surface area contributed by atoms with E-state index in [4.69, 9.17) is 0 Å². The highest BCUT2D eigenvalue weighted by Gasteiger charge is 2.15. The summed E-state index contributed by atoms with van der Waals surface area (Å²) >= 11 is 0. The molecule has 0 aliphatic carbocycles. The van der Waals surface area contributed by atoms with Gasteiger partial charge in [0.05, 0.1) is 0 Å². The lowest BCUT2D eigenvalue weighted by atomic mass is 10.0. The molecule has 0 unspecified atom stereocenters. The third-order valence-electron chi connectivity index (χ3n) is 4.52. The van der Waals surface area contributed by atoms with Gasteiger partial charge in [-0.2, -0.15) is 0 Å². The topological polar surface area (TPSA) is 71.1 Å². The summed E-state index contributed by atoms with van der Waals surface area (Å²) in [7, 11) is 0. The molecule has 1 heterocycles. The number of aryl methyl sites for hydroxylation is 2. The van der Waals surface area contributed by atoms with E-state index in [-0.39, 0.29) is 17.5 Å². The summed E-state index contributed by atoms with van der Waals surface area (Å²) < 4.78 is 0. The maximum absolute atomic E-state index is 12.8. The molecule has 2 N–H and O–H groups in total. The lowest BCUT2D eigenvalue weighted by Crippen LogP contribution is -2.18. The lowest BCUT2D eigenvalue weighted by Gasteiger charge is -2.14. The molecule has 0 atom stereocenters. The van der Waals surface area contributed by atoms with Crippen LogP contribution in [0.2, 0.25) is 0 Å². The molecule has 3 rings (SSSR count). The van der Waals surface area contributed by atoms with E-state index in [0.29, 0.717) is 11.3 Å². The highest BCUT2D eigenvalue weighted by molar-refractivity contribution is 6.08. The Morgan fingerprint density at radius 2 is 1.50 bits per heavy atom. The first-order valence-corrected chi connectivity index (χ1v) is 9.37. The Hall–Kier alpha value is -3.47. The predicted molar refractivity (Wildman–Crippen MR) is 112 cm³/mol. The number of pyridine rings is 1. The molecule has 1 aromatic heterocycles. The van der Waals surface area contributed by atoms with Crippen molar-refractivity contribution in [2.24, 2.45) is 0 Å². The zero-order chi connectivity index (χ0) is 19.9. The Balaban J connectivity index is 1.81. The molecule has 0 fully saturated rings. The van der Waals surface area contributed by atoms with Crippen molar-refractivity contribution in [2.45, 2.75) is 26.7 Å². The van der Waals surface area contributed by atoms with E-state index in [2.05, 4.69) is 29.5 Å². The fourth-order valence-corrected chi connectivity index (χ4v) is 3.00. The number of nitrogens with one attached hydrogen (secondary N) is 2. The van der Waals surface area contributed by atoms with Crippen molar-refractivity contribution in [3.05, 3.63) is 89.2 Å². The summed E-state index contributed by atoms with van der Waals surface area (Å²) in [6.07, 6.45) is 3.12. The minimum atomic E-state index is -0.357. The number of hydrogen-bond donors (Lipinski definition) is 2. The van der Waals surface area contributed by atoms with Gasteiger partial charge in [-0.15, -0.1) is 0 Å². The van der Waals surface area contributed by atoms with Gasteiger partial charge in [-0.1, -0.05) is 50.2 Å². The largest absolute Gasteiger partial charge is 0.321 e. The van der Waals surface area contributed by atoms with E-state index in [0.717, 1.165) is 29.7 Å². The molecular formula is C23H23N3O2. The van der Waals surface area contributed by atoms with Gasteiger partial charge in [0, 0.05) is 23.1 Å². The van der Waals surface area contributed by atoms with E-state index in [1.165, 1.54) is 12.3 Å². The van der Waals surface area contributed by atoms with Crippen LogP contribution in [0.5, 0.6) is 0 Å². The minimum Gasteiger partial charge on any atom is -0.321 e. The summed E-state index contributed by atoms with van der Waals surface area (Å²) in [6.45, 7) is 4.12. The third-order valence-corrected chi connectivity index (χ3v) is 4.52. The molecule has 5 heteroatoms. The number of amides is 2. The van der Waals surface area contributed by atoms with Crippen LogP contribution in [-0.4, -0.2) is 16.8 Å². The highest BCUT2D eigenvalue weighted by atomic mass is 16.2. The first-order valence-electron chi connectivity index (χ1n) is 9.37. The second-order valence-electron chi connectivity index (χ2n) is 6.36. The number of para-hydroxylation sites is 2. The van der Waals surface area contributed by atoms with Crippen LogP contribution < -0.4 is 10.6 Å². The Labute approximate surface area is 164 Å². The van der Waals surface area contributed by atoms with Crippen LogP contribution in [0.3, 0.4) is 0 Å². The van der Waals surface area contributed by atoms with E-state index < -0.39 is 0 Å². The normalized spacial score (nSPS) is 10.4.